The molecule has 19 nitrogen and oxygen atoms in total. The highest BCUT2D eigenvalue weighted by molar-refractivity contribution is 4.96. The summed E-state index contributed by atoms with van der Waals surface area (Å²) >= 11 is 0. The van der Waals surface area contributed by atoms with Crippen molar-refractivity contribution in [3.63, 3.8) is 0 Å². The first-order chi connectivity index (χ1) is 19.4. The van der Waals surface area contributed by atoms with Crippen LogP contribution in [0, 0.1) is 0 Å². The van der Waals surface area contributed by atoms with Crippen LogP contribution in [0.1, 0.15) is 6.92 Å². The van der Waals surface area contributed by atoms with Crippen molar-refractivity contribution in [1.29, 1.82) is 0 Å². The molecule has 0 bridgehead atoms. The van der Waals surface area contributed by atoms with Gasteiger partial charge in [-0.05, 0) is 12.5 Å². The van der Waals surface area contributed by atoms with Gasteiger partial charge in [-0.15, -0.1) is 0 Å². The van der Waals surface area contributed by atoms with Gasteiger partial charge < -0.3 is 79.5 Å². The van der Waals surface area contributed by atoms with Crippen molar-refractivity contribution in [2.24, 2.45) is 5.11 Å². The molecule has 41 heavy (non-hydrogen) atoms. The molecule has 0 aliphatic carbocycles. The Kier molecular flexibility index (Phi) is 12.8. The van der Waals surface area contributed by atoms with Crippen LogP contribution in [0.15, 0.2) is 5.11 Å². The maximum absolute atomic E-state index is 10.5. The fourth-order valence-corrected chi connectivity index (χ4v) is 4.69. The van der Waals surface area contributed by atoms with E-state index >= 15 is 0 Å². The number of hydrogen-bond donors (Lipinski definition) is 10. The number of aliphatic hydroxyl groups excluding tert-OH is 10. The smallest absolute Gasteiger partial charge is 0.186 e. The summed E-state index contributed by atoms with van der Waals surface area (Å²) in [5.41, 5.74) is 8.33. The minimum atomic E-state index is -1.73. The Morgan fingerprint density at radius 3 is 1.78 bits per heavy atom. The largest absolute Gasteiger partial charge is 0.394 e. The first kappa shape index (κ1) is 34.2. The molecule has 3 rings (SSSR count). The van der Waals surface area contributed by atoms with Gasteiger partial charge in [0.2, 0.25) is 0 Å². The maximum Gasteiger partial charge on any atom is 0.186 e. The third-order valence-electron chi connectivity index (χ3n) is 7.21. The molecule has 1 unspecified atom stereocenters. The third-order valence-corrected chi connectivity index (χ3v) is 7.21. The van der Waals surface area contributed by atoms with Crippen LogP contribution in [-0.4, -0.2) is 182 Å². The van der Waals surface area contributed by atoms with E-state index in [2.05, 4.69) is 10.0 Å². The average molecular weight is 602 g/mol. The molecule has 3 fully saturated rings. The van der Waals surface area contributed by atoms with Crippen molar-refractivity contribution in [1.82, 2.24) is 0 Å². The van der Waals surface area contributed by atoms with Crippen LogP contribution in [0.3, 0.4) is 0 Å². The molecule has 3 aliphatic heterocycles. The van der Waals surface area contributed by atoms with E-state index < -0.39 is 118 Å². The summed E-state index contributed by atoms with van der Waals surface area (Å²) in [6, 6.07) is 0. The molecule has 0 aromatic carbocycles. The topological polar surface area (TPSA) is 306 Å². The standard InChI is InChI=1S/C22H39N3O16/c1-7(37-5-10-13(29)16(32)18(34)21(41-10)36-3-2-24-25-23)20-17(33)14(30)12(28)9(39-20)6-38-22-19(35)15(31)11(27)8(4-26)40-22/h7-22,26-35H,2-6H2,1H3/t7?,8-,9-,10-,11-,12-,13-,14+,15+,16+,17-,18-,19-,20+,21-,22-/m1/s1. The van der Waals surface area contributed by atoms with Gasteiger partial charge in [0.05, 0.1) is 32.5 Å². The van der Waals surface area contributed by atoms with E-state index in [1.807, 2.05) is 0 Å². The van der Waals surface area contributed by atoms with E-state index in [-0.39, 0.29) is 13.2 Å². The highest BCUT2D eigenvalue weighted by atomic mass is 16.7. The van der Waals surface area contributed by atoms with Gasteiger partial charge in [0.15, 0.2) is 12.6 Å². The van der Waals surface area contributed by atoms with E-state index in [4.69, 9.17) is 34.0 Å². The van der Waals surface area contributed by atoms with Gasteiger partial charge in [0.25, 0.3) is 0 Å². The lowest BCUT2D eigenvalue weighted by Crippen LogP contribution is -2.63. The van der Waals surface area contributed by atoms with Crippen molar-refractivity contribution < 1.29 is 79.5 Å². The molecule has 238 valence electrons. The fourth-order valence-electron chi connectivity index (χ4n) is 4.69. The highest BCUT2D eigenvalue weighted by Gasteiger charge is 2.49. The Labute approximate surface area is 233 Å². The van der Waals surface area contributed by atoms with Gasteiger partial charge in [0, 0.05) is 11.5 Å². The molecule has 0 saturated carbocycles. The van der Waals surface area contributed by atoms with Gasteiger partial charge in [-0.2, -0.15) is 0 Å². The molecule has 0 radical (unpaired) electrons. The molecular weight excluding hydrogens is 562 g/mol. The minimum absolute atomic E-state index is 0.0771. The van der Waals surface area contributed by atoms with E-state index in [0.717, 1.165) is 0 Å². The molecule has 0 aromatic rings. The molecule has 0 spiro atoms. The number of azide groups is 1. The van der Waals surface area contributed by atoms with Crippen molar-refractivity contribution >= 4 is 0 Å². The van der Waals surface area contributed by atoms with Crippen LogP contribution in [0.4, 0.5) is 0 Å². The Balaban J connectivity index is 1.58. The molecule has 10 N–H and O–H groups in total. The average Bonchev–Trinajstić information content (AvgIpc) is 2.96. The van der Waals surface area contributed by atoms with Crippen LogP contribution in [-0.2, 0) is 28.4 Å². The predicted molar refractivity (Wildman–Crippen MR) is 128 cm³/mol. The summed E-state index contributed by atoms with van der Waals surface area (Å²) < 4.78 is 32.8. The van der Waals surface area contributed by atoms with Gasteiger partial charge in [-0.1, -0.05) is 5.11 Å². The van der Waals surface area contributed by atoms with Crippen molar-refractivity contribution in [3.8, 4) is 0 Å². The molecule has 0 amide bonds. The van der Waals surface area contributed by atoms with Crippen molar-refractivity contribution in [3.05, 3.63) is 10.4 Å². The zero-order chi connectivity index (χ0) is 30.4. The number of nitrogens with zero attached hydrogens (tertiary/aromatic N) is 3. The summed E-state index contributed by atoms with van der Waals surface area (Å²) in [6.07, 6.45) is -23.9. The number of hydrogen-bond acceptors (Lipinski definition) is 17. The Bertz CT molecular complexity index is 854. The first-order valence-electron chi connectivity index (χ1n) is 13.0. The zero-order valence-corrected chi connectivity index (χ0v) is 22.0. The van der Waals surface area contributed by atoms with Crippen molar-refractivity contribution in [2.75, 3.05) is 33.0 Å². The Morgan fingerprint density at radius 1 is 0.683 bits per heavy atom. The van der Waals surface area contributed by atoms with Crippen LogP contribution >= 0.6 is 0 Å². The van der Waals surface area contributed by atoms with E-state index in [1.54, 1.807) is 0 Å². The fraction of sp³-hybridized carbons (Fsp3) is 1.00. The van der Waals surface area contributed by atoms with E-state index in [1.165, 1.54) is 6.92 Å². The number of aliphatic hydroxyl groups is 10. The van der Waals surface area contributed by atoms with Crippen molar-refractivity contribution in [2.45, 2.75) is 105 Å². The van der Waals surface area contributed by atoms with Crippen LogP contribution in [0.2, 0.25) is 0 Å². The lowest BCUT2D eigenvalue weighted by Gasteiger charge is -2.44. The normalized spacial score (nSPS) is 46.1. The highest BCUT2D eigenvalue weighted by Crippen LogP contribution is 2.28. The maximum atomic E-state index is 10.5. The quantitative estimate of drug-likeness (QED) is 0.0431. The molecule has 3 aliphatic rings. The monoisotopic (exact) mass is 601 g/mol. The molecule has 16 atom stereocenters. The second-order valence-electron chi connectivity index (χ2n) is 10.0. The van der Waals surface area contributed by atoms with Gasteiger partial charge >= 0.3 is 0 Å². The lowest BCUT2D eigenvalue weighted by molar-refractivity contribution is -0.319. The predicted octanol–water partition coefficient (Wildman–Crippen LogP) is -5.81. The van der Waals surface area contributed by atoms with E-state index in [9.17, 15) is 51.1 Å². The summed E-state index contributed by atoms with van der Waals surface area (Å²) in [5.74, 6) is 0. The molecule has 19 heteroatoms. The van der Waals surface area contributed by atoms with Crippen LogP contribution in [0.5, 0.6) is 0 Å². The second kappa shape index (κ2) is 15.4. The molecule has 0 aromatic heterocycles. The Morgan fingerprint density at radius 2 is 1.20 bits per heavy atom. The third kappa shape index (κ3) is 7.99. The first-order valence-corrected chi connectivity index (χ1v) is 13.0. The van der Waals surface area contributed by atoms with Gasteiger partial charge in [0.1, 0.15) is 79.4 Å². The zero-order valence-electron chi connectivity index (χ0n) is 22.0. The number of ether oxygens (including phenoxy) is 6. The summed E-state index contributed by atoms with van der Waals surface area (Å²) in [4.78, 5) is 2.56. The molecule has 3 saturated heterocycles. The van der Waals surface area contributed by atoms with Crippen LogP contribution in [0.25, 0.3) is 10.4 Å². The minimum Gasteiger partial charge on any atom is -0.394 e. The van der Waals surface area contributed by atoms with Gasteiger partial charge in [-0.25, -0.2) is 0 Å². The number of rotatable bonds is 12. The molecule has 3 heterocycles. The summed E-state index contributed by atoms with van der Waals surface area (Å²) in [6.45, 7) is -0.394. The Hall–Kier alpha value is -1.33. The van der Waals surface area contributed by atoms with Crippen LogP contribution < -0.4 is 0 Å². The second-order valence-corrected chi connectivity index (χ2v) is 10.0. The SMILES string of the molecule is CC(OC[C@H]1O[C@@H](OCCN=[N+]=[N-])[C@H](O)[C@@H](O)[C@@H]1O)[C@@H]1O[C@H](CO[C@@H]2O[C@H](CO)[C@@H](O)[C@H](O)[C@H]2O)[C@@H](O)[C@H](O)[C@H]1O. The van der Waals surface area contributed by atoms with Gasteiger partial charge in [-0.3, -0.25) is 0 Å². The summed E-state index contributed by atoms with van der Waals surface area (Å²) in [5, 5.41) is 105. The van der Waals surface area contributed by atoms with E-state index in [0.29, 0.717) is 0 Å². The lowest BCUT2D eigenvalue weighted by atomic mass is 9.92. The molecular formula is C22H39N3O16. The summed E-state index contributed by atoms with van der Waals surface area (Å²) in [7, 11) is 0.